The van der Waals surface area contributed by atoms with E-state index < -0.39 is 0 Å². The third-order valence-electron chi connectivity index (χ3n) is 2.83. The molecule has 0 aliphatic carbocycles. The third-order valence-corrected chi connectivity index (χ3v) is 2.83. The predicted molar refractivity (Wildman–Crippen MR) is 58.3 cm³/mol. The van der Waals surface area contributed by atoms with Crippen LogP contribution < -0.4 is 0 Å². The lowest BCUT2D eigenvalue weighted by molar-refractivity contribution is -0.0148. The summed E-state index contributed by atoms with van der Waals surface area (Å²) in [5.74, 6) is 0. The number of hydrogen-bond donors (Lipinski definition) is 1. The predicted octanol–water partition coefficient (Wildman–Crippen LogP) is 2.66. The molecule has 0 radical (unpaired) electrons. The van der Waals surface area contributed by atoms with Crippen molar-refractivity contribution in [3.63, 3.8) is 0 Å². The van der Waals surface area contributed by atoms with E-state index in [0.717, 1.165) is 37.9 Å². The van der Waals surface area contributed by atoms with Gasteiger partial charge in [0.25, 0.3) is 0 Å². The number of hydrogen-bond acceptors (Lipinski definition) is 2. The molecule has 1 N–H and O–H groups in total. The zero-order chi connectivity index (χ0) is 10.4. The van der Waals surface area contributed by atoms with Gasteiger partial charge in [-0.15, -0.1) is 0 Å². The molecule has 0 spiro atoms. The quantitative estimate of drug-likeness (QED) is 0.688. The Hall–Kier alpha value is -0.340. The van der Waals surface area contributed by atoms with E-state index in [1.807, 2.05) is 0 Å². The summed E-state index contributed by atoms with van der Waals surface area (Å²) < 4.78 is 5.57. The molecule has 1 saturated heterocycles. The van der Waals surface area contributed by atoms with Crippen molar-refractivity contribution in [3.05, 3.63) is 12.2 Å². The number of aliphatic hydroxyl groups excluding tert-OH is 1. The van der Waals surface area contributed by atoms with Crippen LogP contribution >= 0.6 is 0 Å². The first-order valence-corrected chi connectivity index (χ1v) is 5.68. The first-order chi connectivity index (χ1) is 6.72. The zero-order valence-electron chi connectivity index (χ0n) is 9.17. The van der Waals surface area contributed by atoms with Crippen molar-refractivity contribution in [1.29, 1.82) is 0 Å². The van der Waals surface area contributed by atoms with Crippen molar-refractivity contribution < 1.29 is 9.84 Å². The Bertz CT molecular complexity index is 171. The summed E-state index contributed by atoms with van der Waals surface area (Å²) in [4.78, 5) is 0. The van der Waals surface area contributed by atoms with E-state index in [0.29, 0.717) is 0 Å². The van der Waals surface area contributed by atoms with E-state index >= 15 is 0 Å². The Kier molecular flexibility index (Phi) is 5.20. The van der Waals surface area contributed by atoms with E-state index in [1.165, 1.54) is 12.8 Å². The average Bonchev–Trinajstić information content (AvgIpc) is 2.19. The van der Waals surface area contributed by atoms with Crippen molar-refractivity contribution in [3.8, 4) is 0 Å². The molecule has 1 fully saturated rings. The second-order valence-corrected chi connectivity index (χ2v) is 4.19. The SMILES string of the molecule is C=C(CC)CC(O)CC1CCCCO1. The van der Waals surface area contributed by atoms with Crippen molar-refractivity contribution in [2.45, 2.75) is 57.7 Å². The van der Waals surface area contributed by atoms with Gasteiger partial charge < -0.3 is 9.84 Å². The van der Waals surface area contributed by atoms with Gasteiger partial charge in [-0.1, -0.05) is 19.1 Å². The fourth-order valence-electron chi connectivity index (χ4n) is 1.86. The van der Waals surface area contributed by atoms with Gasteiger partial charge in [-0.3, -0.25) is 0 Å². The summed E-state index contributed by atoms with van der Waals surface area (Å²) in [5, 5.41) is 9.76. The molecular weight excluding hydrogens is 176 g/mol. The van der Waals surface area contributed by atoms with Gasteiger partial charge in [0.2, 0.25) is 0 Å². The Labute approximate surface area is 87.0 Å². The molecule has 1 aliphatic rings. The summed E-state index contributed by atoms with van der Waals surface area (Å²) in [5.41, 5.74) is 1.13. The maximum Gasteiger partial charge on any atom is 0.0601 e. The molecule has 0 saturated carbocycles. The highest BCUT2D eigenvalue weighted by Gasteiger charge is 2.18. The molecule has 1 rings (SSSR count). The van der Waals surface area contributed by atoms with E-state index in [2.05, 4.69) is 13.5 Å². The number of rotatable bonds is 5. The lowest BCUT2D eigenvalue weighted by atomic mass is 9.99. The average molecular weight is 198 g/mol. The first-order valence-electron chi connectivity index (χ1n) is 5.68. The van der Waals surface area contributed by atoms with Crippen LogP contribution in [0.1, 0.15) is 45.4 Å². The van der Waals surface area contributed by atoms with E-state index in [-0.39, 0.29) is 12.2 Å². The smallest absolute Gasteiger partial charge is 0.0601 e. The van der Waals surface area contributed by atoms with Crippen LogP contribution in [0.4, 0.5) is 0 Å². The monoisotopic (exact) mass is 198 g/mol. The summed E-state index contributed by atoms with van der Waals surface area (Å²) >= 11 is 0. The highest BCUT2D eigenvalue weighted by molar-refractivity contribution is 4.95. The van der Waals surface area contributed by atoms with Crippen LogP contribution in [0, 0.1) is 0 Å². The van der Waals surface area contributed by atoms with Crippen molar-refractivity contribution in [2.24, 2.45) is 0 Å². The maximum atomic E-state index is 9.76. The molecule has 0 aromatic rings. The van der Waals surface area contributed by atoms with Gasteiger partial charge in [-0.05, 0) is 38.5 Å². The minimum absolute atomic E-state index is 0.259. The van der Waals surface area contributed by atoms with Crippen LogP contribution in [0.5, 0.6) is 0 Å². The van der Waals surface area contributed by atoms with Crippen molar-refractivity contribution in [1.82, 2.24) is 0 Å². The molecule has 1 aliphatic heterocycles. The molecule has 2 heteroatoms. The molecule has 14 heavy (non-hydrogen) atoms. The molecule has 0 aromatic heterocycles. The highest BCUT2D eigenvalue weighted by Crippen LogP contribution is 2.19. The van der Waals surface area contributed by atoms with Crippen LogP contribution in [0.15, 0.2) is 12.2 Å². The van der Waals surface area contributed by atoms with Crippen LogP contribution in [0.2, 0.25) is 0 Å². The fourth-order valence-corrected chi connectivity index (χ4v) is 1.86. The van der Waals surface area contributed by atoms with Crippen LogP contribution in [-0.4, -0.2) is 23.9 Å². The molecule has 2 atom stereocenters. The molecule has 0 amide bonds. The maximum absolute atomic E-state index is 9.76. The minimum atomic E-state index is -0.259. The zero-order valence-corrected chi connectivity index (χ0v) is 9.17. The van der Waals surface area contributed by atoms with E-state index in [1.54, 1.807) is 0 Å². The van der Waals surface area contributed by atoms with Crippen molar-refractivity contribution >= 4 is 0 Å². The minimum Gasteiger partial charge on any atom is -0.393 e. The third kappa shape index (κ3) is 4.25. The molecule has 0 aromatic carbocycles. The molecule has 2 nitrogen and oxygen atoms in total. The number of aliphatic hydroxyl groups is 1. The topological polar surface area (TPSA) is 29.5 Å². The van der Waals surface area contributed by atoms with Gasteiger partial charge in [-0.25, -0.2) is 0 Å². The lowest BCUT2D eigenvalue weighted by Crippen LogP contribution is -2.24. The van der Waals surface area contributed by atoms with Gasteiger partial charge in [0, 0.05) is 6.61 Å². The summed E-state index contributed by atoms with van der Waals surface area (Å²) in [7, 11) is 0. The Morgan fingerprint density at radius 3 is 2.93 bits per heavy atom. The first kappa shape index (κ1) is 11.7. The molecular formula is C12H22O2. The summed E-state index contributed by atoms with van der Waals surface area (Å²) in [6.07, 6.45) is 6.02. The second kappa shape index (κ2) is 6.20. The van der Waals surface area contributed by atoms with Crippen molar-refractivity contribution in [2.75, 3.05) is 6.61 Å². The summed E-state index contributed by atoms with van der Waals surface area (Å²) in [6.45, 7) is 6.85. The number of ether oxygens (including phenoxy) is 1. The molecule has 82 valence electrons. The van der Waals surface area contributed by atoms with E-state index in [9.17, 15) is 5.11 Å². The Morgan fingerprint density at radius 2 is 2.36 bits per heavy atom. The Morgan fingerprint density at radius 1 is 1.57 bits per heavy atom. The normalized spacial score (nSPS) is 24.6. The van der Waals surface area contributed by atoms with Gasteiger partial charge in [0.15, 0.2) is 0 Å². The van der Waals surface area contributed by atoms with Crippen LogP contribution in [0.3, 0.4) is 0 Å². The Balaban J connectivity index is 2.18. The summed E-state index contributed by atoms with van der Waals surface area (Å²) in [6, 6.07) is 0. The van der Waals surface area contributed by atoms with Crippen LogP contribution in [-0.2, 0) is 4.74 Å². The standard InChI is InChI=1S/C12H22O2/c1-3-10(2)8-11(13)9-12-6-4-5-7-14-12/h11-13H,2-9H2,1H3. The van der Waals surface area contributed by atoms with Gasteiger partial charge in [0.1, 0.15) is 0 Å². The largest absolute Gasteiger partial charge is 0.393 e. The second-order valence-electron chi connectivity index (χ2n) is 4.19. The van der Waals surface area contributed by atoms with E-state index in [4.69, 9.17) is 4.74 Å². The van der Waals surface area contributed by atoms with Crippen LogP contribution in [0.25, 0.3) is 0 Å². The highest BCUT2D eigenvalue weighted by atomic mass is 16.5. The van der Waals surface area contributed by atoms with Gasteiger partial charge in [0.05, 0.1) is 12.2 Å². The van der Waals surface area contributed by atoms with Gasteiger partial charge >= 0.3 is 0 Å². The lowest BCUT2D eigenvalue weighted by Gasteiger charge is -2.24. The fraction of sp³-hybridized carbons (Fsp3) is 0.833. The molecule has 1 heterocycles. The van der Waals surface area contributed by atoms with Gasteiger partial charge in [-0.2, -0.15) is 0 Å². The molecule has 2 unspecified atom stereocenters. The molecule has 0 bridgehead atoms.